The summed E-state index contributed by atoms with van der Waals surface area (Å²) in [7, 11) is 0. The van der Waals surface area contributed by atoms with Gasteiger partial charge in [-0.15, -0.1) is 0 Å². The molecule has 0 saturated carbocycles. The minimum atomic E-state index is 0.651. The van der Waals surface area contributed by atoms with E-state index in [9.17, 15) is 0 Å². The van der Waals surface area contributed by atoms with Crippen LogP contribution in [0.4, 0.5) is 0 Å². The number of rotatable bonds is 12. The van der Waals surface area contributed by atoms with E-state index in [0.717, 1.165) is 5.92 Å². The first-order chi connectivity index (χ1) is 9.24. The van der Waals surface area contributed by atoms with Crippen LogP contribution in [0.1, 0.15) is 72.6 Å². The van der Waals surface area contributed by atoms with Gasteiger partial charge in [0.2, 0.25) is 0 Å². The first-order valence-electron chi connectivity index (χ1n) is 8.20. The van der Waals surface area contributed by atoms with Crippen molar-refractivity contribution in [1.82, 2.24) is 5.32 Å². The van der Waals surface area contributed by atoms with E-state index in [2.05, 4.69) is 57.3 Å². The molecule has 0 spiro atoms. The average molecular weight is 265 g/mol. The Morgan fingerprint density at radius 3 is 2.26 bits per heavy atom. The highest BCUT2D eigenvalue weighted by Crippen LogP contribution is 2.14. The summed E-state index contributed by atoms with van der Waals surface area (Å²) in [6, 6.07) is 0.651. The smallest absolute Gasteiger partial charge is 0.0104 e. The molecule has 0 bridgehead atoms. The number of allylic oxidation sites excluding steroid dienone is 3. The van der Waals surface area contributed by atoms with Crippen LogP contribution in [0.15, 0.2) is 24.3 Å². The molecule has 0 aliphatic heterocycles. The van der Waals surface area contributed by atoms with E-state index in [1.807, 2.05) is 0 Å². The zero-order valence-corrected chi connectivity index (χ0v) is 13.6. The third kappa shape index (κ3) is 12.2. The maximum Gasteiger partial charge on any atom is 0.0104 e. The van der Waals surface area contributed by atoms with Gasteiger partial charge in [0.15, 0.2) is 0 Å². The monoisotopic (exact) mass is 265 g/mol. The summed E-state index contributed by atoms with van der Waals surface area (Å²) in [6.45, 7) is 10.0. The minimum Gasteiger partial charge on any atom is -0.314 e. The Morgan fingerprint density at radius 1 is 0.947 bits per heavy atom. The van der Waals surface area contributed by atoms with E-state index in [0.29, 0.717) is 6.04 Å². The van der Waals surface area contributed by atoms with E-state index >= 15 is 0 Å². The third-order valence-electron chi connectivity index (χ3n) is 3.58. The fourth-order valence-corrected chi connectivity index (χ4v) is 2.37. The van der Waals surface area contributed by atoms with Crippen LogP contribution in [0.2, 0.25) is 0 Å². The van der Waals surface area contributed by atoms with E-state index in [1.165, 1.54) is 51.5 Å². The van der Waals surface area contributed by atoms with Crippen molar-refractivity contribution in [1.29, 1.82) is 0 Å². The molecule has 19 heavy (non-hydrogen) atoms. The van der Waals surface area contributed by atoms with Crippen molar-refractivity contribution in [2.24, 2.45) is 5.92 Å². The summed E-state index contributed by atoms with van der Waals surface area (Å²) in [6.07, 6.45) is 18.0. The second-order valence-electron chi connectivity index (χ2n) is 5.66. The first kappa shape index (κ1) is 18.4. The Hall–Kier alpha value is -0.560. The van der Waals surface area contributed by atoms with Crippen molar-refractivity contribution < 1.29 is 0 Å². The van der Waals surface area contributed by atoms with Crippen LogP contribution in [-0.2, 0) is 0 Å². The Labute approximate surface area is 121 Å². The van der Waals surface area contributed by atoms with Gasteiger partial charge in [-0.2, -0.15) is 0 Å². The fourth-order valence-electron chi connectivity index (χ4n) is 2.37. The molecule has 0 aromatic rings. The molecule has 0 aromatic carbocycles. The number of hydrogen-bond donors (Lipinski definition) is 1. The van der Waals surface area contributed by atoms with Gasteiger partial charge < -0.3 is 5.32 Å². The normalized spacial score (nSPS) is 15.4. The molecule has 0 aromatic heterocycles. The quantitative estimate of drug-likeness (QED) is 0.364. The molecule has 0 aliphatic rings. The van der Waals surface area contributed by atoms with Crippen LogP contribution in [0.25, 0.3) is 0 Å². The molecule has 1 heteroatoms. The molecule has 2 atom stereocenters. The molecular formula is C18H35N. The lowest BCUT2D eigenvalue weighted by Crippen LogP contribution is -2.31. The summed E-state index contributed by atoms with van der Waals surface area (Å²) >= 11 is 0. The Kier molecular flexibility index (Phi) is 13.5. The van der Waals surface area contributed by atoms with Crippen LogP contribution in [0.5, 0.6) is 0 Å². The predicted molar refractivity (Wildman–Crippen MR) is 88.6 cm³/mol. The van der Waals surface area contributed by atoms with E-state index < -0.39 is 0 Å². The Balaban J connectivity index is 3.93. The van der Waals surface area contributed by atoms with Gasteiger partial charge in [-0.1, -0.05) is 57.4 Å². The summed E-state index contributed by atoms with van der Waals surface area (Å²) in [4.78, 5) is 0. The average Bonchev–Trinajstić information content (AvgIpc) is 2.41. The fraction of sp³-hybridized carbons (Fsp3) is 0.778. The molecule has 0 heterocycles. The van der Waals surface area contributed by atoms with Gasteiger partial charge in [0.1, 0.15) is 0 Å². The standard InChI is InChI=1S/C18H35N/c1-5-8-11-12-15-19-18(14-10-7-3)16-17(4)13-9-6-2/h6-7,9-10,17-19H,5,8,11-16H2,1-4H3/b9-6?,10-7-. The largest absolute Gasteiger partial charge is 0.314 e. The van der Waals surface area contributed by atoms with Crippen molar-refractivity contribution in [3.05, 3.63) is 24.3 Å². The molecule has 0 fully saturated rings. The lowest BCUT2D eigenvalue weighted by molar-refractivity contribution is 0.399. The highest BCUT2D eigenvalue weighted by atomic mass is 14.9. The lowest BCUT2D eigenvalue weighted by atomic mass is 9.96. The molecule has 0 rings (SSSR count). The SMILES string of the molecule is CC=CCC(C)CC(C/C=C\C)NCCCCCC. The Morgan fingerprint density at radius 2 is 1.63 bits per heavy atom. The second kappa shape index (κ2) is 13.9. The van der Waals surface area contributed by atoms with Gasteiger partial charge >= 0.3 is 0 Å². The van der Waals surface area contributed by atoms with Gasteiger partial charge in [-0.3, -0.25) is 0 Å². The van der Waals surface area contributed by atoms with E-state index in [4.69, 9.17) is 0 Å². The van der Waals surface area contributed by atoms with E-state index in [-0.39, 0.29) is 0 Å². The van der Waals surface area contributed by atoms with Crippen LogP contribution in [-0.4, -0.2) is 12.6 Å². The van der Waals surface area contributed by atoms with Crippen LogP contribution < -0.4 is 5.32 Å². The highest BCUT2D eigenvalue weighted by molar-refractivity contribution is 4.86. The van der Waals surface area contributed by atoms with Crippen LogP contribution >= 0.6 is 0 Å². The van der Waals surface area contributed by atoms with Crippen molar-refractivity contribution in [3.8, 4) is 0 Å². The molecule has 0 radical (unpaired) electrons. The van der Waals surface area contributed by atoms with Crippen molar-refractivity contribution in [2.75, 3.05) is 6.54 Å². The molecular weight excluding hydrogens is 230 g/mol. The van der Waals surface area contributed by atoms with Gasteiger partial charge in [0.25, 0.3) is 0 Å². The lowest BCUT2D eigenvalue weighted by Gasteiger charge is -2.21. The van der Waals surface area contributed by atoms with Crippen molar-refractivity contribution >= 4 is 0 Å². The van der Waals surface area contributed by atoms with Gasteiger partial charge in [-0.25, -0.2) is 0 Å². The molecule has 2 unspecified atom stereocenters. The topological polar surface area (TPSA) is 12.0 Å². The summed E-state index contributed by atoms with van der Waals surface area (Å²) in [5, 5.41) is 3.75. The minimum absolute atomic E-state index is 0.651. The molecule has 112 valence electrons. The van der Waals surface area contributed by atoms with Gasteiger partial charge in [0, 0.05) is 6.04 Å². The zero-order valence-electron chi connectivity index (χ0n) is 13.6. The molecule has 0 amide bonds. The molecule has 0 aliphatic carbocycles. The van der Waals surface area contributed by atoms with Crippen molar-refractivity contribution in [2.45, 2.75) is 78.7 Å². The van der Waals surface area contributed by atoms with Crippen LogP contribution in [0.3, 0.4) is 0 Å². The number of hydrogen-bond acceptors (Lipinski definition) is 1. The second-order valence-corrected chi connectivity index (χ2v) is 5.66. The number of unbranched alkanes of at least 4 members (excludes halogenated alkanes) is 3. The summed E-state index contributed by atoms with van der Waals surface area (Å²) in [5.74, 6) is 0.773. The van der Waals surface area contributed by atoms with E-state index in [1.54, 1.807) is 0 Å². The first-order valence-corrected chi connectivity index (χ1v) is 8.20. The van der Waals surface area contributed by atoms with Crippen LogP contribution in [0, 0.1) is 5.92 Å². The maximum absolute atomic E-state index is 3.75. The van der Waals surface area contributed by atoms with Gasteiger partial charge in [0.05, 0.1) is 0 Å². The molecule has 1 nitrogen and oxygen atoms in total. The molecule has 0 saturated heterocycles. The Bertz CT molecular complexity index is 230. The molecule has 1 N–H and O–H groups in total. The van der Waals surface area contributed by atoms with Crippen molar-refractivity contribution in [3.63, 3.8) is 0 Å². The number of nitrogens with one attached hydrogen (secondary N) is 1. The zero-order chi connectivity index (χ0) is 14.3. The summed E-state index contributed by atoms with van der Waals surface area (Å²) < 4.78 is 0. The predicted octanol–water partition coefficient (Wildman–Crippen LogP) is 5.48. The third-order valence-corrected chi connectivity index (χ3v) is 3.58. The highest BCUT2D eigenvalue weighted by Gasteiger charge is 2.10. The maximum atomic E-state index is 3.75. The van der Waals surface area contributed by atoms with Gasteiger partial charge in [-0.05, 0) is 52.0 Å². The summed E-state index contributed by atoms with van der Waals surface area (Å²) in [5.41, 5.74) is 0.